The highest BCUT2D eigenvalue weighted by molar-refractivity contribution is 7.92. The Morgan fingerprint density at radius 2 is 1.82 bits per heavy atom. The molecular weight excluding hydrogens is 468 g/mol. The number of hydrogen-bond donors (Lipinski definition) is 3. The number of piperidine rings is 1. The van der Waals surface area contributed by atoms with E-state index in [1.54, 1.807) is 31.2 Å². The fourth-order valence-corrected chi connectivity index (χ4v) is 5.52. The Hall–Kier alpha value is -2.61. The summed E-state index contributed by atoms with van der Waals surface area (Å²) in [6, 6.07) is 12.5. The summed E-state index contributed by atoms with van der Waals surface area (Å²) in [6.07, 6.45) is 0.402. The predicted molar refractivity (Wildman–Crippen MR) is 125 cm³/mol. The Morgan fingerprint density at radius 3 is 2.39 bits per heavy atom. The van der Waals surface area contributed by atoms with Crippen LogP contribution in [0.3, 0.4) is 0 Å². The highest BCUT2D eigenvalue weighted by atomic mass is 35.5. The lowest BCUT2D eigenvalue weighted by molar-refractivity contribution is -0.144. The molecule has 0 bridgehead atoms. The zero-order valence-electron chi connectivity index (χ0n) is 18.1. The lowest BCUT2D eigenvalue weighted by Crippen LogP contribution is -2.49. The van der Waals surface area contributed by atoms with Gasteiger partial charge in [-0.3, -0.25) is 9.69 Å². The molecule has 0 aliphatic carbocycles. The van der Waals surface area contributed by atoms with Crippen molar-refractivity contribution in [3.05, 3.63) is 59.1 Å². The van der Waals surface area contributed by atoms with Crippen LogP contribution < -0.4 is 10.6 Å². The highest BCUT2D eigenvalue weighted by Crippen LogP contribution is 2.30. The van der Waals surface area contributed by atoms with E-state index in [4.69, 9.17) is 21.5 Å². The molecule has 2 atom stereocenters. The largest absolute Gasteiger partial charge is 0.481 e. The van der Waals surface area contributed by atoms with E-state index in [0.717, 1.165) is 5.56 Å². The first-order chi connectivity index (χ1) is 15.8. The van der Waals surface area contributed by atoms with Crippen molar-refractivity contribution in [2.24, 2.45) is 5.90 Å². The molecule has 33 heavy (non-hydrogen) atoms. The topological polar surface area (TPSA) is 130 Å². The Morgan fingerprint density at radius 1 is 1.18 bits per heavy atom. The van der Waals surface area contributed by atoms with Gasteiger partial charge >= 0.3 is 5.97 Å². The van der Waals surface area contributed by atoms with Crippen LogP contribution in [0.25, 0.3) is 0 Å². The molecule has 1 fully saturated rings. The van der Waals surface area contributed by atoms with E-state index in [1.165, 1.54) is 12.1 Å². The average molecular weight is 495 g/mol. The SMILES string of the molecule is CC#CCOc1ccc(S(=O)(=O)C2CCN(Cc3ccc(Cl)cc3)C(C(=O)O)C2)cc1.NO. The number of ether oxygens (including phenoxy) is 1. The normalized spacial score (nSPS) is 18.3. The molecule has 0 spiro atoms. The van der Waals surface area contributed by atoms with Crippen molar-refractivity contribution in [1.29, 1.82) is 0 Å². The number of hydrogen-bond acceptors (Lipinski definition) is 7. The minimum Gasteiger partial charge on any atom is -0.481 e. The number of likely N-dealkylation sites (tertiary alicyclic amines) is 1. The molecule has 3 rings (SSSR count). The Balaban J connectivity index is 0.00000187. The quantitative estimate of drug-likeness (QED) is 0.395. The number of sulfone groups is 1. The second-order valence-corrected chi connectivity index (χ2v) is 9.99. The molecule has 2 aromatic carbocycles. The van der Waals surface area contributed by atoms with E-state index in [1.807, 2.05) is 17.0 Å². The minimum atomic E-state index is -3.66. The molecule has 2 aromatic rings. The van der Waals surface area contributed by atoms with E-state index in [9.17, 15) is 18.3 Å². The van der Waals surface area contributed by atoms with Crippen LogP contribution in [0.15, 0.2) is 53.4 Å². The first-order valence-electron chi connectivity index (χ1n) is 10.1. The molecule has 0 saturated carbocycles. The van der Waals surface area contributed by atoms with Crippen LogP contribution in [0.4, 0.5) is 0 Å². The summed E-state index contributed by atoms with van der Waals surface area (Å²) in [4.78, 5) is 13.9. The van der Waals surface area contributed by atoms with Crippen LogP contribution in [-0.4, -0.2) is 54.0 Å². The van der Waals surface area contributed by atoms with Gasteiger partial charge in [0.15, 0.2) is 9.84 Å². The maximum Gasteiger partial charge on any atom is 0.320 e. The second kappa shape index (κ2) is 12.6. The molecule has 1 aliphatic heterocycles. The first kappa shape index (κ1) is 26.6. The van der Waals surface area contributed by atoms with E-state index in [2.05, 4.69) is 17.7 Å². The summed E-state index contributed by atoms with van der Waals surface area (Å²) in [6.45, 7) is 2.74. The van der Waals surface area contributed by atoms with Crippen molar-refractivity contribution in [2.45, 2.75) is 42.5 Å². The van der Waals surface area contributed by atoms with Gasteiger partial charge < -0.3 is 15.1 Å². The first-order valence-corrected chi connectivity index (χ1v) is 12.1. The fraction of sp³-hybridized carbons (Fsp3) is 0.348. The molecule has 0 aromatic heterocycles. The van der Waals surface area contributed by atoms with Gasteiger partial charge in [0.2, 0.25) is 0 Å². The summed E-state index contributed by atoms with van der Waals surface area (Å²) >= 11 is 5.91. The van der Waals surface area contributed by atoms with Crippen molar-refractivity contribution >= 4 is 27.4 Å². The molecular formula is C23H27ClN2O6S. The number of carbonyl (C=O) groups is 1. The maximum atomic E-state index is 13.1. The lowest BCUT2D eigenvalue weighted by atomic mass is 10.0. The average Bonchev–Trinajstić information content (AvgIpc) is 2.82. The minimum absolute atomic E-state index is 0.0373. The van der Waals surface area contributed by atoms with Crippen LogP contribution in [0.5, 0.6) is 5.75 Å². The molecule has 10 heteroatoms. The zero-order chi connectivity index (χ0) is 24.4. The molecule has 1 heterocycles. The molecule has 1 saturated heterocycles. The van der Waals surface area contributed by atoms with Crippen LogP contribution in [0.2, 0.25) is 5.02 Å². The summed E-state index contributed by atoms with van der Waals surface area (Å²) in [5.41, 5.74) is 0.931. The molecule has 178 valence electrons. The van der Waals surface area contributed by atoms with Gasteiger partial charge in [-0.05, 0) is 61.7 Å². The van der Waals surface area contributed by atoms with E-state index >= 15 is 0 Å². The third-order valence-electron chi connectivity index (χ3n) is 5.33. The Labute approximate surface area is 198 Å². The number of nitrogens with two attached hydrogens (primary N) is 1. The summed E-state index contributed by atoms with van der Waals surface area (Å²) in [5, 5.41) is 16.1. The van der Waals surface area contributed by atoms with Gasteiger partial charge in [-0.25, -0.2) is 14.3 Å². The fourth-order valence-electron chi connectivity index (χ4n) is 3.64. The molecule has 1 aliphatic rings. The van der Waals surface area contributed by atoms with Gasteiger partial charge in [-0.1, -0.05) is 29.7 Å². The van der Waals surface area contributed by atoms with Crippen molar-refractivity contribution in [1.82, 2.24) is 4.90 Å². The van der Waals surface area contributed by atoms with Crippen molar-refractivity contribution < 1.29 is 28.3 Å². The standard InChI is InChI=1S/C23H24ClNO5S.H3NO/c1-2-3-14-30-19-8-10-20(11-9-19)31(28,29)21-12-13-25(22(15-21)23(26)27)16-17-4-6-18(24)7-5-17;1-2/h4-11,21-22H,12-16H2,1H3,(H,26,27);2H,1H2. The van der Waals surface area contributed by atoms with Gasteiger partial charge in [0.1, 0.15) is 18.4 Å². The van der Waals surface area contributed by atoms with Crippen LogP contribution in [0.1, 0.15) is 25.3 Å². The smallest absolute Gasteiger partial charge is 0.320 e. The number of rotatable bonds is 7. The van der Waals surface area contributed by atoms with Crippen LogP contribution in [-0.2, 0) is 21.2 Å². The summed E-state index contributed by atoms with van der Waals surface area (Å²) in [5.74, 6) is 8.51. The number of halogens is 1. The third-order valence-corrected chi connectivity index (χ3v) is 7.82. The van der Waals surface area contributed by atoms with E-state index in [0.29, 0.717) is 30.3 Å². The van der Waals surface area contributed by atoms with Crippen LogP contribution >= 0.6 is 11.6 Å². The van der Waals surface area contributed by atoms with Gasteiger partial charge in [0, 0.05) is 18.1 Å². The van der Waals surface area contributed by atoms with E-state index < -0.39 is 27.1 Å². The number of aliphatic carboxylic acids is 1. The Kier molecular flexibility index (Phi) is 10.2. The van der Waals surface area contributed by atoms with Crippen molar-refractivity contribution in [3.8, 4) is 17.6 Å². The number of nitrogens with zero attached hydrogens (tertiary/aromatic N) is 1. The second-order valence-electron chi connectivity index (χ2n) is 7.33. The summed E-state index contributed by atoms with van der Waals surface area (Å²) in [7, 11) is -3.66. The Bertz CT molecular complexity index is 1080. The molecule has 0 amide bonds. The van der Waals surface area contributed by atoms with Gasteiger partial charge in [-0.15, -0.1) is 5.92 Å². The zero-order valence-corrected chi connectivity index (χ0v) is 19.7. The predicted octanol–water partition coefficient (Wildman–Crippen LogP) is 2.97. The van der Waals surface area contributed by atoms with Crippen molar-refractivity contribution in [3.63, 3.8) is 0 Å². The third kappa shape index (κ3) is 7.19. The highest BCUT2D eigenvalue weighted by Gasteiger charge is 2.39. The number of carboxylic acids is 1. The maximum absolute atomic E-state index is 13.1. The van der Waals surface area contributed by atoms with Gasteiger partial charge in [0.25, 0.3) is 0 Å². The summed E-state index contributed by atoms with van der Waals surface area (Å²) < 4.78 is 31.7. The monoisotopic (exact) mass is 494 g/mol. The van der Waals surface area contributed by atoms with Crippen LogP contribution in [0, 0.1) is 11.8 Å². The molecule has 8 nitrogen and oxygen atoms in total. The molecule has 4 N–H and O–H groups in total. The molecule has 2 unspecified atom stereocenters. The number of carboxylic acid groups (broad SMARTS) is 1. The molecule has 0 radical (unpaired) electrons. The lowest BCUT2D eigenvalue weighted by Gasteiger charge is -2.36. The van der Waals surface area contributed by atoms with Crippen molar-refractivity contribution in [2.75, 3.05) is 13.2 Å². The van der Waals surface area contributed by atoms with Gasteiger partial charge in [0.05, 0.1) is 10.1 Å². The number of benzene rings is 2. The van der Waals surface area contributed by atoms with E-state index in [-0.39, 0.29) is 17.9 Å². The van der Waals surface area contributed by atoms with Gasteiger partial charge in [-0.2, -0.15) is 0 Å².